The Morgan fingerprint density at radius 3 is 2.33 bits per heavy atom. The highest BCUT2D eigenvalue weighted by molar-refractivity contribution is 8.01. The standard InChI is InChI=1S/C25H28ClF3N4O2S/c1-2-21-22(34)33(23(36-21)19-5-3-4-6-20(19)26)16-13-31-11-14-32(15-12-31)24(35)30-18-9-7-17(8-10-18)25(27,28)29/h3-10,21,23H,2,11-16H2,1H3,(H,30,35)/t21-,23+/m1/s1. The number of carbonyl (C=O) groups excluding carboxylic acids is 2. The first-order chi connectivity index (χ1) is 17.2. The molecule has 2 aliphatic heterocycles. The average Bonchev–Trinajstić information content (AvgIpc) is 3.18. The molecule has 0 spiro atoms. The van der Waals surface area contributed by atoms with Crippen LogP contribution in [0.2, 0.25) is 5.02 Å². The molecule has 11 heteroatoms. The molecule has 0 aromatic heterocycles. The number of rotatable bonds is 6. The van der Waals surface area contributed by atoms with Gasteiger partial charge in [-0.2, -0.15) is 13.2 Å². The van der Waals surface area contributed by atoms with Gasteiger partial charge in [0.2, 0.25) is 5.91 Å². The molecule has 36 heavy (non-hydrogen) atoms. The number of urea groups is 1. The van der Waals surface area contributed by atoms with Crippen molar-refractivity contribution in [2.75, 3.05) is 44.6 Å². The van der Waals surface area contributed by atoms with Crippen LogP contribution < -0.4 is 5.32 Å². The minimum atomic E-state index is -4.41. The molecule has 0 aliphatic carbocycles. The third-order valence-electron chi connectivity index (χ3n) is 6.46. The van der Waals surface area contributed by atoms with Crippen LogP contribution in [0.25, 0.3) is 0 Å². The second kappa shape index (κ2) is 11.3. The molecule has 0 saturated carbocycles. The fraction of sp³-hybridized carbons (Fsp3) is 0.440. The predicted molar refractivity (Wildman–Crippen MR) is 136 cm³/mol. The smallest absolute Gasteiger partial charge is 0.324 e. The molecule has 194 valence electrons. The summed E-state index contributed by atoms with van der Waals surface area (Å²) in [5.74, 6) is 0.127. The normalized spacial score (nSPS) is 21.2. The Hall–Kier alpha value is -2.43. The van der Waals surface area contributed by atoms with Crippen LogP contribution in [0.3, 0.4) is 0 Å². The summed E-state index contributed by atoms with van der Waals surface area (Å²) in [5.41, 5.74) is 0.501. The van der Waals surface area contributed by atoms with Gasteiger partial charge in [-0.25, -0.2) is 4.79 Å². The van der Waals surface area contributed by atoms with E-state index in [2.05, 4.69) is 10.2 Å². The Morgan fingerprint density at radius 2 is 1.72 bits per heavy atom. The quantitative estimate of drug-likeness (QED) is 0.521. The molecule has 2 aromatic carbocycles. The molecule has 1 N–H and O–H groups in total. The predicted octanol–water partition coefficient (Wildman–Crippen LogP) is 5.56. The Bertz CT molecular complexity index is 1080. The molecule has 2 saturated heterocycles. The van der Waals surface area contributed by atoms with Gasteiger partial charge in [-0.1, -0.05) is 36.7 Å². The van der Waals surface area contributed by atoms with Gasteiger partial charge in [0, 0.05) is 55.5 Å². The Morgan fingerprint density at radius 1 is 1.06 bits per heavy atom. The van der Waals surface area contributed by atoms with Crippen LogP contribution in [0.15, 0.2) is 48.5 Å². The number of thioether (sulfide) groups is 1. The lowest BCUT2D eigenvalue weighted by Gasteiger charge is -2.36. The van der Waals surface area contributed by atoms with E-state index in [1.165, 1.54) is 12.1 Å². The number of amides is 3. The molecule has 0 radical (unpaired) electrons. The minimum absolute atomic E-state index is 0.0861. The molecule has 6 nitrogen and oxygen atoms in total. The highest BCUT2D eigenvalue weighted by Crippen LogP contribution is 2.45. The van der Waals surface area contributed by atoms with E-state index in [0.29, 0.717) is 50.0 Å². The Balaban J connectivity index is 1.29. The maximum absolute atomic E-state index is 13.0. The lowest BCUT2D eigenvalue weighted by molar-refractivity contribution is -0.137. The van der Waals surface area contributed by atoms with Crippen LogP contribution in [0.5, 0.6) is 0 Å². The first-order valence-corrected chi connectivity index (χ1v) is 13.2. The molecule has 2 atom stereocenters. The highest BCUT2D eigenvalue weighted by atomic mass is 35.5. The van der Waals surface area contributed by atoms with Crippen molar-refractivity contribution in [2.24, 2.45) is 0 Å². The number of halogens is 4. The SMILES string of the molecule is CC[C@H]1S[C@@H](c2ccccc2Cl)N(CCN2CCN(C(=O)Nc3ccc(C(F)(F)F)cc3)CC2)C1=O. The van der Waals surface area contributed by atoms with Crippen molar-refractivity contribution in [1.29, 1.82) is 0 Å². The van der Waals surface area contributed by atoms with Crippen molar-refractivity contribution >= 4 is 41.0 Å². The first kappa shape index (κ1) is 26.6. The van der Waals surface area contributed by atoms with Gasteiger partial charge >= 0.3 is 12.2 Å². The van der Waals surface area contributed by atoms with Crippen molar-refractivity contribution < 1.29 is 22.8 Å². The number of nitrogens with one attached hydrogen (secondary N) is 1. The molecule has 2 fully saturated rings. The van der Waals surface area contributed by atoms with Crippen LogP contribution in [-0.2, 0) is 11.0 Å². The third-order valence-corrected chi connectivity index (χ3v) is 8.43. The number of nitrogens with zero attached hydrogens (tertiary/aromatic N) is 3. The van der Waals surface area contributed by atoms with Gasteiger partial charge in [0.05, 0.1) is 10.8 Å². The molecular weight excluding hydrogens is 513 g/mol. The van der Waals surface area contributed by atoms with E-state index in [0.717, 1.165) is 24.1 Å². The maximum atomic E-state index is 13.0. The molecule has 2 aliphatic rings. The Kier molecular flexibility index (Phi) is 8.37. The van der Waals surface area contributed by atoms with Crippen LogP contribution >= 0.6 is 23.4 Å². The van der Waals surface area contributed by atoms with E-state index in [4.69, 9.17) is 11.6 Å². The fourth-order valence-electron chi connectivity index (χ4n) is 4.37. The molecule has 2 aromatic rings. The molecule has 2 heterocycles. The second-order valence-electron chi connectivity index (χ2n) is 8.77. The summed E-state index contributed by atoms with van der Waals surface area (Å²) in [4.78, 5) is 31.3. The number of piperazine rings is 1. The fourth-order valence-corrected chi connectivity index (χ4v) is 6.14. The lowest BCUT2D eigenvalue weighted by atomic mass is 10.2. The van der Waals surface area contributed by atoms with Crippen molar-refractivity contribution in [3.8, 4) is 0 Å². The van der Waals surface area contributed by atoms with E-state index < -0.39 is 11.7 Å². The number of benzene rings is 2. The summed E-state index contributed by atoms with van der Waals surface area (Å²) in [6, 6.07) is 11.7. The summed E-state index contributed by atoms with van der Waals surface area (Å²) < 4.78 is 38.2. The second-order valence-corrected chi connectivity index (χ2v) is 10.5. The number of carbonyl (C=O) groups is 2. The van der Waals surface area contributed by atoms with Crippen molar-refractivity contribution in [3.63, 3.8) is 0 Å². The number of hydrogen-bond donors (Lipinski definition) is 1. The zero-order valence-electron chi connectivity index (χ0n) is 19.8. The van der Waals surface area contributed by atoms with Crippen LogP contribution in [-0.4, -0.2) is 71.2 Å². The van der Waals surface area contributed by atoms with Gasteiger partial charge in [0.25, 0.3) is 0 Å². The highest BCUT2D eigenvalue weighted by Gasteiger charge is 2.40. The topological polar surface area (TPSA) is 55.9 Å². The van der Waals surface area contributed by atoms with Crippen LogP contribution in [0, 0.1) is 0 Å². The van der Waals surface area contributed by atoms with Crippen molar-refractivity contribution in [2.45, 2.75) is 30.1 Å². The largest absolute Gasteiger partial charge is 0.416 e. The van der Waals surface area contributed by atoms with Crippen LogP contribution in [0.4, 0.5) is 23.7 Å². The molecule has 3 amide bonds. The molecule has 0 bridgehead atoms. The zero-order valence-corrected chi connectivity index (χ0v) is 21.4. The first-order valence-electron chi connectivity index (χ1n) is 11.8. The van der Waals surface area contributed by atoms with Gasteiger partial charge in [-0.05, 0) is 36.8 Å². The molecular formula is C25H28ClF3N4O2S. The summed E-state index contributed by atoms with van der Waals surface area (Å²) in [7, 11) is 0. The van der Waals surface area contributed by atoms with Crippen molar-refractivity contribution in [3.05, 3.63) is 64.7 Å². The van der Waals surface area contributed by atoms with Gasteiger partial charge in [0.1, 0.15) is 5.37 Å². The van der Waals surface area contributed by atoms with E-state index in [9.17, 15) is 22.8 Å². The summed E-state index contributed by atoms with van der Waals surface area (Å²) >= 11 is 8.07. The average molecular weight is 541 g/mol. The Labute approximate surface area is 217 Å². The van der Waals surface area contributed by atoms with Gasteiger partial charge in [-0.15, -0.1) is 11.8 Å². The summed E-state index contributed by atoms with van der Waals surface area (Å²) in [6.07, 6.45) is -3.66. The third kappa shape index (κ3) is 6.10. The number of alkyl halides is 3. The van der Waals surface area contributed by atoms with Crippen molar-refractivity contribution in [1.82, 2.24) is 14.7 Å². The van der Waals surface area contributed by atoms with E-state index in [1.54, 1.807) is 16.7 Å². The van der Waals surface area contributed by atoms with E-state index >= 15 is 0 Å². The summed E-state index contributed by atoms with van der Waals surface area (Å²) in [6.45, 7) is 5.51. The van der Waals surface area contributed by atoms with E-state index in [-0.39, 0.29) is 22.6 Å². The zero-order chi connectivity index (χ0) is 25.9. The maximum Gasteiger partial charge on any atom is 0.416 e. The monoisotopic (exact) mass is 540 g/mol. The number of anilines is 1. The summed E-state index contributed by atoms with van der Waals surface area (Å²) in [5, 5.41) is 3.11. The van der Waals surface area contributed by atoms with Crippen LogP contribution in [0.1, 0.15) is 29.8 Å². The number of hydrogen-bond acceptors (Lipinski definition) is 4. The molecule has 4 rings (SSSR count). The van der Waals surface area contributed by atoms with E-state index in [1.807, 2.05) is 36.1 Å². The lowest BCUT2D eigenvalue weighted by Crippen LogP contribution is -2.51. The van der Waals surface area contributed by atoms with Gasteiger partial charge < -0.3 is 15.1 Å². The van der Waals surface area contributed by atoms with Gasteiger partial charge in [0.15, 0.2) is 0 Å². The van der Waals surface area contributed by atoms with Gasteiger partial charge in [-0.3, -0.25) is 9.69 Å². The minimum Gasteiger partial charge on any atom is -0.324 e. The molecule has 0 unspecified atom stereocenters.